The first kappa shape index (κ1) is 27.0. The number of hydrogen-bond donors (Lipinski definition) is 4. The van der Waals surface area contributed by atoms with Crippen molar-refractivity contribution in [3.63, 3.8) is 0 Å². The number of likely N-dealkylation sites (tertiary alicyclic amines) is 1. The Morgan fingerprint density at radius 1 is 1.24 bits per heavy atom. The van der Waals surface area contributed by atoms with Gasteiger partial charge < -0.3 is 30.9 Å². The number of methoxy groups -OCH3 is 1. The number of amides is 2. The predicted molar refractivity (Wildman–Crippen MR) is 139 cm³/mol. The number of rotatable bonds is 8. The van der Waals surface area contributed by atoms with Crippen molar-refractivity contribution >= 4 is 12.0 Å². The molecular formula is C28H38N4O5. The maximum atomic E-state index is 13.4. The van der Waals surface area contributed by atoms with Crippen molar-refractivity contribution in [3.05, 3.63) is 54.4 Å². The molecule has 4 rings (SSSR count). The minimum Gasteiger partial charge on any atom is -0.453 e. The van der Waals surface area contributed by atoms with Gasteiger partial charge in [0.2, 0.25) is 5.91 Å². The van der Waals surface area contributed by atoms with E-state index in [1.807, 2.05) is 41.3 Å². The topological polar surface area (TPSA) is 138 Å². The number of benzene rings is 1. The Hall–Kier alpha value is -3.01. The summed E-state index contributed by atoms with van der Waals surface area (Å²) >= 11 is 0. The molecule has 0 spiro atoms. The number of carbonyl (C=O) groups excluding carboxylic acids is 2. The smallest absolute Gasteiger partial charge is 0.406 e. The molecule has 1 aliphatic heterocycles. The number of alkyl carbamates (subject to hydrolysis) is 1. The van der Waals surface area contributed by atoms with Crippen LogP contribution in [0.2, 0.25) is 0 Å². The lowest BCUT2D eigenvalue weighted by Gasteiger charge is -2.44. The lowest BCUT2D eigenvalue weighted by atomic mass is 9.72. The summed E-state index contributed by atoms with van der Waals surface area (Å²) < 4.78 is 4.67. The van der Waals surface area contributed by atoms with E-state index in [1.165, 1.54) is 7.11 Å². The molecule has 200 valence electrons. The monoisotopic (exact) mass is 510 g/mol. The predicted octanol–water partition coefficient (Wildman–Crippen LogP) is 2.41. The number of carbonyl (C=O) groups is 2. The average Bonchev–Trinajstić information content (AvgIpc) is 3.28. The van der Waals surface area contributed by atoms with Crippen molar-refractivity contribution in [2.45, 2.75) is 56.3 Å². The number of pyridine rings is 1. The molecule has 0 bridgehead atoms. The molecule has 37 heavy (non-hydrogen) atoms. The maximum Gasteiger partial charge on any atom is 0.406 e. The van der Waals surface area contributed by atoms with Gasteiger partial charge >= 0.3 is 6.09 Å². The Morgan fingerprint density at radius 3 is 2.76 bits per heavy atom. The first-order chi connectivity index (χ1) is 17.8. The molecule has 1 saturated heterocycles. The zero-order chi connectivity index (χ0) is 26.4. The Bertz CT molecular complexity index is 1060. The maximum absolute atomic E-state index is 13.4. The third kappa shape index (κ3) is 6.11. The van der Waals surface area contributed by atoms with Crippen molar-refractivity contribution in [1.29, 1.82) is 0 Å². The summed E-state index contributed by atoms with van der Waals surface area (Å²) in [5, 5.41) is 25.2. The lowest BCUT2D eigenvalue weighted by molar-refractivity contribution is -0.141. The van der Waals surface area contributed by atoms with Crippen molar-refractivity contribution < 1.29 is 24.5 Å². The number of hydrogen-bond acceptors (Lipinski definition) is 7. The Balaban J connectivity index is 1.61. The number of ether oxygens (including phenoxy) is 1. The molecule has 5 atom stereocenters. The fraction of sp³-hybridized carbons (Fsp3) is 0.536. The van der Waals surface area contributed by atoms with Crippen molar-refractivity contribution in [2.24, 2.45) is 17.6 Å². The molecule has 9 nitrogen and oxygen atoms in total. The summed E-state index contributed by atoms with van der Waals surface area (Å²) in [4.78, 5) is 31.0. The van der Waals surface area contributed by atoms with Crippen molar-refractivity contribution in [2.75, 3.05) is 26.7 Å². The number of aliphatic hydroxyl groups is 2. The molecule has 2 fully saturated rings. The first-order valence-electron chi connectivity index (χ1n) is 13.1. The van der Waals surface area contributed by atoms with E-state index in [0.29, 0.717) is 45.3 Å². The van der Waals surface area contributed by atoms with Crippen molar-refractivity contribution in [1.82, 2.24) is 15.2 Å². The van der Waals surface area contributed by atoms with Crippen LogP contribution in [0, 0.1) is 11.8 Å². The molecule has 2 aromatic rings. The summed E-state index contributed by atoms with van der Waals surface area (Å²) in [6, 6.07) is 11.3. The molecule has 1 aromatic carbocycles. The molecule has 1 aliphatic carbocycles. The summed E-state index contributed by atoms with van der Waals surface area (Å²) in [5.41, 5.74) is 7.32. The minimum atomic E-state index is -1.24. The van der Waals surface area contributed by atoms with Crippen LogP contribution < -0.4 is 11.1 Å². The highest BCUT2D eigenvalue weighted by molar-refractivity contribution is 5.79. The van der Waals surface area contributed by atoms with Gasteiger partial charge in [-0.3, -0.25) is 9.78 Å². The fourth-order valence-corrected chi connectivity index (χ4v) is 5.89. The molecule has 2 aliphatic rings. The van der Waals surface area contributed by atoms with E-state index in [1.54, 1.807) is 12.4 Å². The molecule has 0 radical (unpaired) electrons. The number of nitrogens with zero attached hydrogens (tertiary/aromatic N) is 2. The highest BCUT2D eigenvalue weighted by Crippen LogP contribution is 2.43. The second-order valence-corrected chi connectivity index (χ2v) is 10.3. The van der Waals surface area contributed by atoms with Crippen LogP contribution in [-0.2, 0) is 15.1 Å². The van der Waals surface area contributed by atoms with Gasteiger partial charge in [0.1, 0.15) is 0 Å². The van der Waals surface area contributed by atoms with Crippen LogP contribution in [0.25, 0.3) is 11.1 Å². The summed E-state index contributed by atoms with van der Waals surface area (Å²) in [7, 11) is 1.32. The molecule has 9 heteroatoms. The molecule has 5 unspecified atom stereocenters. The number of aliphatic hydroxyl groups excluding tert-OH is 1. The highest BCUT2D eigenvalue weighted by Gasteiger charge is 2.44. The van der Waals surface area contributed by atoms with Gasteiger partial charge in [-0.1, -0.05) is 30.3 Å². The second kappa shape index (κ2) is 12.0. The van der Waals surface area contributed by atoms with Crippen LogP contribution in [0.15, 0.2) is 48.8 Å². The van der Waals surface area contributed by atoms with E-state index in [2.05, 4.69) is 15.0 Å². The highest BCUT2D eigenvalue weighted by atomic mass is 16.5. The molecular weight excluding hydrogens is 472 g/mol. The van der Waals surface area contributed by atoms with Gasteiger partial charge in [0.25, 0.3) is 0 Å². The summed E-state index contributed by atoms with van der Waals surface area (Å²) in [6.45, 7) is 1.40. The van der Waals surface area contributed by atoms with E-state index in [4.69, 9.17) is 5.73 Å². The van der Waals surface area contributed by atoms with Crippen LogP contribution in [0.5, 0.6) is 0 Å². The summed E-state index contributed by atoms with van der Waals surface area (Å²) in [5.74, 6) is -0.489. The normalized spacial score (nSPS) is 25.4. The van der Waals surface area contributed by atoms with Gasteiger partial charge in [0.15, 0.2) is 0 Å². The van der Waals surface area contributed by atoms with Crippen LogP contribution in [0.3, 0.4) is 0 Å². The van der Waals surface area contributed by atoms with Crippen LogP contribution >= 0.6 is 0 Å². The quantitative estimate of drug-likeness (QED) is 0.400. The first-order valence-corrected chi connectivity index (χ1v) is 13.1. The Morgan fingerprint density at radius 2 is 2.05 bits per heavy atom. The third-order valence-electron chi connectivity index (χ3n) is 7.89. The SMILES string of the molecule is COC(=O)NCCCC(O)(c1ccccc1-c1cccnc1)C1CCCN(C(=O)C2CC(N)C(O)C2)C1. The van der Waals surface area contributed by atoms with E-state index < -0.39 is 17.8 Å². The number of nitrogens with two attached hydrogens (primary N) is 1. The van der Waals surface area contributed by atoms with Gasteiger partial charge in [-0.2, -0.15) is 0 Å². The van der Waals surface area contributed by atoms with E-state index in [0.717, 1.165) is 29.5 Å². The molecule has 2 amide bonds. The van der Waals surface area contributed by atoms with Crippen LogP contribution in [-0.4, -0.2) is 71.0 Å². The minimum absolute atomic E-state index is 0.00644. The largest absolute Gasteiger partial charge is 0.453 e. The van der Waals surface area contributed by atoms with E-state index in [-0.39, 0.29) is 23.8 Å². The number of nitrogens with one attached hydrogen (secondary N) is 1. The van der Waals surface area contributed by atoms with Gasteiger partial charge in [-0.05, 0) is 55.7 Å². The lowest BCUT2D eigenvalue weighted by Crippen LogP contribution is -2.49. The van der Waals surface area contributed by atoms with E-state index in [9.17, 15) is 19.8 Å². The van der Waals surface area contributed by atoms with Gasteiger partial charge in [0, 0.05) is 55.5 Å². The fourth-order valence-electron chi connectivity index (χ4n) is 5.89. The Labute approximate surface area is 218 Å². The number of aromatic nitrogens is 1. The molecule has 1 aromatic heterocycles. The summed E-state index contributed by atoms with van der Waals surface area (Å²) in [6.07, 6.45) is 5.66. The van der Waals surface area contributed by atoms with Gasteiger partial charge in [0.05, 0.1) is 18.8 Å². The van der Waals surface area contributed by atoms with Crippen LogP contribution in [0.1, 0.15) is 44.1 Å². The van der Waals surface area contributed by atoms with Crippen LogP contribution in [0.4, 0.5) is 4.79 Å². The molecule has 5 N–H and O–H groups in total. The number of piperidine rings is 1. The van der Waals surface area contributed by atoms with Gasteiger partial charge in [-0.15, -0.1) is 0 Å². The van der Waals surface area contributed by atoms with E-state index >= 15 is 0 Å². The second-order valence-electron chi connectivity index (χ2n) is 10.3. The molecule has 1 saturated carbocycles. The molecule has 2 heterocycles. The Kier molecular flexibility index (Phi) is 8.79. The zero-order valence-corrected chi connectivity index (χ0v) is 21.4. The third-order valence-corrected chi connectivity index (χ3v) is 7.89. The van der Waals surface area contributed by atoms with Gasteiger partial charge in [-0.25, -0.2) is 4.79 Å². The van der Waals surface area contributed by atoms with Crippen molar-refractivity contribution in [3.8, 4) is 11.1 Å². The average molecular weight is 511 g/mol. The zero-order valence-electron chi connectivity index (χ0n) is 21.4. The standard InChI is InChI=1S/C28H38N4O5/c1-37-27(35)31-13-6-11-28(36,23-10-3-2-9-22(23)19-7-4-12-30-17-19)21-8-5-14-32(18-21)26(34)20-15-24(29)25(33)16-20/h2-4,7,9-10,12,17,20-21,24-25,33,36H,5-6,8,11,13-16,18,29H2,1H3,(H,31,35).